The van der Waals surface area contributed by atoms with E-state index in [4.69, 9.17) is 14.4 Å². The molecule has 12 rings (SSSR count). The van der Waals surface area contributed by atoms with E-state index in [2.05, 4.69) is 173 Å². The third-order valence-corrected chi connectivity index (χ3v) is 10.9. The average Bonchev–Trinajstić information content (AvgIpc) is 3.89. The van der Waals surface area contributed by atoms with Crippen molar-refractivity contribution in [3.63, 3.8) is 0 Å². The van der Waals surface area contributed by atoms with Crippen LogP contribution in [0.5, 0.6) is 0 Å². The van der Waals surface area contributed by atoms with E-state index in [1.807, 2.05) is 6.07 Å². The maximum absolute atomic E-state index is 6.82. The molecule has 5 nitrogen and oxygen atoms in total. The summed E-state index contributed by atoms with van der Waals surface area (Å²) in [4.78, 5) is 10.8. The van der Waals surface area contributed by atoms with Crippen LogP contribution in [0.1, 0.15) is 0 Å². The van der Waals surface area contributed by atoms with E-state index in [-0.39, 0.29) is 0 Å². The van der Waals surface area contributed by atoms with Crippen molar-refractivity contribution in [2.75, 3.05) is 0 Å². The van der Waals surface area contributed by atoms with Gasteiger partial charge in [-0.05, 0) is 53.2 Å². The Morgan fingerprint density at radius 2 is 1.02 bits per heavy atom. The van der Waals surface area contributed by atoms with E-state index < -0.39 is 0 Å². The first kappa shape index (κ1) is 28.5. The van der Waals surface area contributed by atoms with Crippen LogP contribution in [0.3, 0.4) is 0 Å². The summed E-state index contributed by atoms with van der Waals surface area (Å²) in [6.07, 6.45) is 0. The number of benzene rings is 8. The van der Waals surface area contributed by atoms with Gasteiger partial charge in [0.2, 0.25) is 5.95 Å². The van der Waals surface area contributed by atoms with E-state index in [0.29, 0.717) is 5.95 Å². The van der Waals surface area contributed by atoms with Crippen molar-refractivity contribution in [3.8, 4) is 22.9 Å². The molecule has 4 aromatic heterocycles. The largest absolute Gasteiger partial charge is 0.454 e. The molecule has 0 aliphatic rings. The molecule has 12 aromatic rings. The first-order chi connectivity index (χ1) is 26.3. The molecular weight excluding hydrogens is 649 g/mol. The highest BCUT2D eigenvalue weighted by atomic mass is 16.3. The van der Waals surface area contributed by atoms with Crippen molar-refractivity contribution >= 4 is 87.2 Å². The Labute approximate surface area is 302 Å². The average molecular weight is 677 g/mol. The molecule has 4 heterocycles. The minimum absolute atomic E-state index is 0.602. The number of nitrogens with zero attached hydrogens (tertiary/aromatic N) is 4. The molecule has 0 atom stereocenters. The third kappa shape index (κ3) is 3.91. The molecule has 0 fully saturated rings. The summed E-state index contributed by atoms with van der Waals surface area (Å²) >= 11 is 0. The van der Waals surface area contributed by atoms with Crippen LogP contribution in [0.25, 0.3) is 110 Å². The Kier molecular flexibility index (Phi) is 5.71. The summed E-state index contributed by atoms with van der Waals surface area (Å²) in [5, 5.41) is 10.2. The van der Waals surface area contributed by atoms with E-state index in [1.54, 1.807) is 0 Å². The molecular formula is C48H28N4O. The lowest BCUT2D eigenvalue weighted by molar-refractivity contribution is 0.671. The first-order valence-corrected chi connectivity index (χ1v) is 17.9. The molecule has 0 aliphatic carbocycles. The number of hydrogen-bond acceptors (Lipinski definition) is 3. The van der Waals surface area contributed by atoms with Gasteiger partial charge in [0.05, 0.1) is 27.8 Å². The molecule has 0 saturated carbocycles. The monoisotopic (exact) mass is 676 g/mol. The summed E-state index contributed by atoms with van der Waals surface area (Å²) in [7, 11) is 0. The molecule has 0 bridgehead atoms. The summed E-state index contributed by atoms with van der Waals surface area (Å²) in [6.45, 7) is 0. The molecule has 8 aromatic carbocycles. The molecule has 0 amide bonds. The summed E-state index contributed by atoms with van der Waals surface area (Å²) < 4.78 is 11.4. The highest BCUT2D eigenvalue weighted by Gasteiger charge is 2.25. The lowest BCUT2D eigenvalue weighted by Gasteiger charge is -2.13. The maximum Gasteiger partial charge on any atom is 0.235 e. The normalized spacial score (nSPS) is 12.2. The van der Waals surface area contributed by atoms with Crippen molar-refractivity contribution in [3.05, 3.63) is 170 Å². The molecule has 53 heavy (non-hydrogen) atoms. The number of aromatic nitrogens is 4. The van der Waals surface area contributed by atoms with Crippen LogP contribution in [0, 0.1) is 0 Å². The van der Waals surface area contributed by atoms with Crippen LogP contribution in [0.4, 0.5) is 0 Å². The van der Waals surface area contributed by atoms with Crippen LogP contribution in [0.2, 0.25) is 0 Å². The van der Waals surface area contributed by atoms with Gasteiger partial charge < -0.3 is 8.98 Å². The van der Waals surface area contributed by atoms with Crippen molar-refractivity contribution in [2.45, 2.75) is 0 Å². The fraction of sp³-hybridized carbons (Fsp3) is 0. The van der Waals surface area contributed by atoms with Gasteiger partial charge in [-0.25, -0.2) is 9.97 Å². The molecule has 0 unspecified atom stereocenters. The summed E-state index contributed by atoms with van der Waals surface area (Å²) in [5.74, 6) is 0.602. The van der Waals surface area contributed by atoms with Crippen molar-refractivity contribution in [1.82, 2.24) is 19.1 Å². The lowest BCUT2D eigenvalue weighted by atomic mass is 9.99. The minimum Gasteiger partial charge on any atom is -0.454 e. The van der Waals surface area contributed by atoms with Crippen LogP contribution < -0.4 is 0 Å². The molecule has 0 saturated heterocycles. The zero-order chi connectivity index (χ0) is 34.6. The Hall–Kier alpha value is -7.24. The second-order valence-corrected chi connectivity index (χ2v) is 13.7. The smallest absolute Gasteiger partial charge is 0.235 e. The second-order valence-electron chi connectivity index (χ2n) is 13.7. The summed E-state index contributed by atoms with van der Waals surface area (Å²) in [6, 6.07) is 59.9. The predicted molar refractivity (Wildman–Crippen MR) is 218 cm³/mol. The fourth-order valence-electron chi connectivity index (χ4n) is 8.69. The Balaban J connectivity index is 1.21. The van der Waals surface area contributed by atoms with E-state index in [9.17, 15) is 0 Å². The minimum atomic E-state index is 0.602. The van der Waals surface area contributed by atoms with E-state index in [0.717, 1.165) is 77.1 Å². The molecule has 0 radical (unpaired) electrons. The lowest BCUT2D eigenvalue weighted by Crippen LogP contribution is -2.03. The molecule has 0 N–H and O–H groups in total. The predicted octanol–water partition coefficient (Wildman–Crippen LogP) is 12.5. The number of rotatable bonds is 3. The van der Waals surface area contributed by atoms with Gasteiger partial charge in [-0.2, -0.15) is 0 Å². The highest BCUT2D eigenvalue weighted by molar-refractivity contribution is 6.35. The molecule has 0 spiro atoms. The van der Waals surface area contributed by atoms with Crippen LogP contribution >= 0.6 is 0 Å². The van der Waals surface area contributed by atoms with Gasteiger partial charge in [0.1, 0.15) is 11.1 Å². The van der Waals surface area contributed by atoms with E-state index >= 15 is 0 Å². The number of para-hydroxylation sites is 5. The van der Waals surface area contributed by atoms with Gasteiger partial charge in [-0.15, -0.1) is 0 Å². The zero-order valence-corrected chi connectivity index (χ0v) is 28.4. The van der Waals surface area contributed by atoms with Gasteiger partial charge in [0.25, 0.3) is 0 Å². The number of hydrogen-bond donors (Lipinski definition) is 0. The van der Waals surface area contributed by atoms with E-state index in [1.165, 1.54) is 27.1 Å². The van der Waals surface area contributed by atoms with Crippen LogP contribution in [-0.2, 0) is 0 Å². The fourth-order valence-corrected chi connectivity index (χ4v) is 8.69. The first-order valence-electron chi connectivity index (χ1n) is 17.9. The second kappa shape index (κ2) is 10.6. The maximum atomic E-state index is 6.82. The molecule has 246 valence electrons. The van der Waals surface area contributed by atoms with Crippen LogP contribution in [-0.4, -0.2) is 19.1 Å². The van der Waals surface area contributed by atoms with Crippen molar-refractivity contribution < 1.29 is 4.42 Å². The quantitative estimate of drug-likeness (QED) is 0.187. The van der Waals surface area contributed by atoms with Gasteiger partial charge in [0, 0.05) is 49.0 Å². The topological polar surface area (TPSA) is 48.8 Å². The third-order valence-electron chi connectivity index (χ3n) is 10.9. The SMILES string of the molecule is c1ccc(-n2c3ccccc3c3ccc(-c4nc(-n5c6ccccc6c6c7ccccc7c7c8ccccc8oc7c65)nc5ccccc45)cc32)cc1. The van der Waals surface area contributed by atoms with Crippen molar-refractivity contribution in [2.24, 2.45) is 0 Å². The number of fused-ring (bicyclic) bond motifs is 14. The summed E-state index contributed by atoms with van der Waals surface area (Å²) in [5.41, 5.74) is 9.90. The Morgan fingerprint density at radius 1 is 0.415 bits per heavy atom. The van der Waals surface area contributed by atoms with Gasteiger partial charge in [-0.3, -0.25) is 4.57 Å². The van der Waals surface area contributed by atoms with Gasteiger partial charge in [0.15, 0.2) is 5.58 Å². The standard InChI is InChI=1S/C48H28N4O/c1-2-14-30(15-3-1)51-39-23-11-7-16-31(39)32-27-26-29(28-41(32)51)45-35-19-6-10-22-38(35)49-48(50-45)52-40-24-12-8-20-36(40)43-33-17-4-5-18-34(33)44-37-21-9-13-25-42(37)53-47(44)46(43)52/h1-28H. The Bertz CT molecular complexity index is 3460. The zero-order valence-electron chi connectivity index (χ0n) is 28.4. The molecule has 0 aliphatic heterocycles. The number of furan rings is 1. The van der Waals surface area contributed by atoms with Crippen molar-refractivity contribution in [1.29, 1.82) is 0 Å². The van der Waals surface area contributed by atoms with Gasteiger partial charge >= 0.3 is 0 Å². The van der Waals surface area contributed by atoms with Crippen LogP contribution in [0.15, 0.2) is 174 Å². The Morgan fingerprint density at radius 3 is 1.83 bits per heavy atom. The highest BCUT2D eigenvalue weighted by Crippen LogP contribution is 2.46. The van der Waals surface area contributed by atoms with Gasteiger partial charge in [-0.1, -0.05) is 127 Å². The molecule has 5 heteroatoms.